The molecule has 2 heterocycles. The summed E-state index contributed by atoms with van der Waals surface area (Å²) < 4.78 is 13.4. The Kier molecular flexibility index (Phi) is 9.46. The molecule has 0 bridgehead atoms. The van der Waals surface area contributed by atoms with Crippen LogP contribution in [0.15, 0.2) is 121 Å². The lowest BCUT2D eigenvalue weighted by Gasteiger charge is -2.43. The molecule has 1 aliphatic rings. The van der Waals surface area contributed by atoms with Gasteiger partial charge in [-0.15, -0.1) is 0 Å². The maximum Gasteiger partial charge on any atom is 0.275 e. The molecule has 0 radical (unpaired) electrons. The highest BCUT2D eigenvalue weighted by atomic mass is 16.7. The van der Waals surface area contributed by atoms with Gasteiger partial charge >= 0.3 is 0 Å². The van der Waals surface area contributed by atoms with Gasteiger partial charge < -0.3 is 19.9 Å². The van der Waals surface area contributed by atoms with E-state index in [-0.39, 0.29) is 42.4 Å². The van der Waals surface area contributed by atoms with Gasteiger partial charge in [0.1, 0.15) is 5.69 Å². The number of fused-ring (bicyclic) bond motifs is 2. The molecule has 49 heavy (non-hydrogen) atoms. The lowest BCUT2D eigenvalue weighted by atomic mass is 9.89. The number of ether oxygens (including phenoxy) is 2. The number of carbonyl (C=O) groups is 1. The number of aromatic nitrogens is 2. The molecule has 2 N–H and O–H groups in total. The number of aliphatic hydroxyl groups excluding tert-OH is 1. The minimum absolute atomic E-state index is 0.0104. The summed E-state index contributed by atoms with van der Waals surface area (Å²) in [6.07, 6.45) is 0.498. The van der Waals surface area contributed by atoms with Crippen molar-refractivity contribution in [3.05, 3.63) is 149 Å². The van der Waals surface area contributed by atoms with E-state index in [2.05, 4.69) is 83.5 Å². The summed E-state index contributed by atoms with van der Waals surface area (Å²) in [5, 5.41) is 15.0. The fourth-order valence-electron chi connectivity index (χ4n) is 6.48. The fraction of sp³-hybridized carbons (Fsp3) is 0.244. The average Bonchev–Trinajstić information content (AvgIpc) is 3.15. The molecule has 1 amide bonds. The molecule has 5 atom stereocenters. The third-order valence-electron chi connectivity index (χ3n) is 9.63. The van der Waals surface area contributed by atoms with Crippen LogP contribution in [0.3, 0.4) is 0 Å². The van der Waals surface area contributed by atoms with Gasteiger partial charge in [-0.2, -0.15) is 0 Å². The Hall–Kier alpha value is -4.99. The molecular weight excluding hydrogens is 612 g/mol. The van der Waals surface area contributed by atoms with Gasteiger partial charge in [0.25, 0.3) is 5.91 Å². The van der Waals surface area contributed by atoms with Crippen molar-refractivity contribution < 1.29 is 19.4 Å². The fourth-order valence-corrected chi connectivity index (χ4v) is 6.48. The molecule has 248 valence electrons. The highest BCUT2D eigenvalue weighted by molar-refractivity contribution is 6.03. The van der Waals surface area contributed by atoms with Crippen molar-refractivity contribution in [1.29, 1.82) is 0 Å². The summed E-state index contributed by atoms with van der Waals surface area (Å²) >= 11 is 0. The quantitative estimate of drug-likeness (QED) is 0.163. The number of hydrogen-bond acceptors (Lipinski definition) is 7. The normalized spacial score (nSPS) is 20.0. The molecule has 0 spiro atoms. The van der Waals surface area contributed by atoms with Crippen molar-refractivity contribution in [2.75, 3.05) is 18.9 Å². The van der Waals surface area contributed by atoms with Crippen LogP contribution in [0.5, 0.6) is 0 Å². The van der Waals surface area contributed by atoms with E-state index < -0.39 is 6.29 Å². The van der Waals surface area contributed by atoms with E-state index in [0.29, 0.717) is 17.7 Å². The molecule has 8 nitrogen and oxygen atoms in total. The van der Waals surface area contributed by atoms with Crippen LogP contribution in [-0.2, 0) is 16.1 Å². The molecule has 1 aromatic heterocycles. The number of anilines is 1. The zero-order valence-electron chi connectivity index (χ0n) is 27.9. The largest absolute Gasteiger partial charge is 0.392 e. The molecule has 0 saturated carbocycles. The SMILES string of the molecule is C[C@@H]1[C@H](CN(C)[C@H](C)c2ccc3ccccc3c2)O[C@H](c2ccc(NC(=O)c3cnc4ccccc4n3)cc2)O[C@@H]1c1ccc(CO)cc1. The number of carbonyl (C=O) groups excluding carboxylic acids is 1. The first kappa shape index (κ1) is 32.6. The van der Waals surface area contributed by atoms with E-state index in [1.165, 1.54) is 22.5 Å². The maximum atomic E-state index is 13.0. The van der Waals surface area contributed by atoms with Gasteiger partial charge in [0.05, 0.1) is 36.0 Å². The highest BCUT2D eigenvalue weighted by Gasteiger charge is 2.39. The van der Waals surface area contributed by atoms with Crippen LogP contribution in [-0.4, -0.2) is 45.6 Å². The van der Waals surface area contributed by atoms with Gasteiger partial charge in [-0.05, 0) is 71.8 Å². The first-order valence-electron chi connectivity index (χ1n) is 16.7. The van der Waals surface area contributed by atoms with Crippen LogP contribution in [0.2, 0.25) is 0 Å². The highest BCUT2D eigenvalue weighted by Crippen LogP contribution is 2.42. The summed E-state index contributed by atoms with van der Waals surface area (Å²) in [5.41, 5.74) is 6.27. The van der Waals surface area contributed by atoms with Gasteiger partial charge in [0.15, 0.2) is 6.29 Å². The smallest absolute Gasteiger partial charge is 0.275 e. The lowest BCUT2D eigenvalue weighted by molar-refractivity contribution is -0.276. The summed E-state index contributed by atoms with van der Waals surface area (Å²) in [7, 11) is 2.14. The first-order chi connectivity index (χ1) is 23.9. The molecular formula is C41H40N4O4. The molecule has 6 aromatic rings. The number of aliphatic hydroxyl groups is 1. The van der Waals surface area contributed by atoms with Gasteiger partial charge in [-0.1, -0.05) is 91.9 Å². The number of nitrogens with zero attached hydrogens (tertiary/aromatic N) is 3. The predicted octanol–water partition coefficient (Wildman–Crippen LogP) is 8.01. The number of nitrogens with one attached hydrogen (secondary N) is 1. The van der Waals surface area contributed by atoms with Crippen molar-refractivity contribution in [1.82, 2.24) is 14.9 Å². The zero-order chi connectivity index (χ0) is 33.9. The number of rotatable bonds is 9. The number of hydrogen-bond donors (Lipinski definition) is 2. The molecule has 7 rings (SSSR count). The Morgan fingerprint density at radius 3 is 2.31 bits per heavy atom. The summed E-state index contributed by atoms with van der Waals surface area (Å²) in [5.74, 6) is -0.288. The van der Waals surface area contributed by atoms with E-state index in [0.717, 1.165) is 22.2 Å². The van der Waals surface area contributed by atoms with Crippen molar-refractivity contribution in [3.63, 3.8) is 0 Å². The van der Waals surface area contributed by atoms with Gasteiger partial charge in [-0.3, -0.25) is 14.7 Å². The van der Waals surface area contributed by atoms with E-state index in [1.807, 2.05) is 72.8 Å². The Labute approximate surface area is 286 Å². The van der Waals surface area contributed by atoms with Crippen LogP contribution in [0.25, 0.3) is 21.8 Å². The predicted molar refractivity (Wildman–Crippen MR) is 192 cm³/mol. The minimum atomic E-state index is -0.621. The topological polar surface area (TPSA) is 96.8 Å². The van der Waals surface area contributed by atoms with Crippen LogP contribution >= 0.6 is 0 Å². The molecule has 1 saturated heterocycles. The van der Waals surface area contributed by atoms with Gasteiger partial charge in [0.2, 0.25) is 0 Å². The van der Waals surface area contributed by atoms with Crippen LogP contribution in [0, 0.1) is 5.92 Å². The Morgan fingerprint density at radius 1 is 0.857 bits per heavy atom. The minimum Gasteiger partial charge on any atom is -0.392 e. The second-order valence-corrected chi connectivity index (χ2v) is 12.9. The Balaban J connectivity index is 1.10. The van der Waals surface area contributed by atoms with Gasteiger partial charge in [-0.25, -0.2) is 4.98 Å². The molecule has 0 unspecified atom stereocenters. The van der Waals surface area contributed by atoms with Crippen molar-refractivity contribution in [2.45, 2.75) is 45.0 Å². The van der Waals surface area contributed by atoms with Crippen molar-refractivity contribution in [3.8, 4) is 0 Å². The van der Waals surface area contributed by atoms with Crippen LogP contribution in [0.1, 0.15) is 65.0 Å². The van der Waals surface area contributed by atoms with E-state index in [9.17, 15) is 9.90 Å². The standard InChI is InChI=1S/C41H40N4O4/c1-26-38(24-45(3)27(2)32-17-16-29-8-4-5-9-33(29)22-32)48-41(49-39(26)30-14-12-28(25-46)13-15-30)31-18-20-34(21-19-31)43-40(47)37-23-42-35-10-6-7-11-36(35)44-37/h4-23,26-27,38-39,41,46H,24-25H2,1-3H3,(H,43,47)/t26-,27-,38+,39+,41+/m1/s1. The summed E-state index contributed by atoms with van der Waals surface area (Å²) in [4.78, 5) is 24.2. The molecule has 0 aliphatic carbocycles. The Bertz CT molecular complexity index is 2070. The van der Waals surface area contributed by atoms with Crippen LogP contribution < -0.4 is 5.32 Å². The molecule has 1 fully saturated rings. The monoisotopic (exact) mass is 652 g/mol. The van der Waals surface area contributed by atoms with Gasteiger partial charge in [0, 0.05) is 29.8 Å². The van der Waals surface area contributed by atoms with Crippen LogP contribution in [0.4, 0.5) is 5.69 Å². The van der Waals surface area contributed by atoms with Crippen molar-refractivity contribution >= 4 is 33.4 Å². The number of likely N-dealkylation sites (N-methyl/N-ethyl adjacent to an activating group) is 1. The summed E-state index contributed by atoms with van der Waals surface area (Å²) in [6.45, 7) is 5.09. The first-order valence-corrected chi connectivity index (χ1v) is 16.7. The molecule has 8 heteroatoms. The number of benzene rings is 5. The average molecular weight is 653 g/mol. The second kappa shape index (κ2) is 14.2. The zero-order valence-corrected chi connectivity index (χ0v) is 27.9. The third-order valence-corrected chi connectivity index (χ3v) is 9.63. The van der Waals surface area contributed by atoms with E-state index >= 15 is 0 Å². The van der Waals surface area contributed by atoms with Crippen molar-refractivity contribution in [2.24, 2.45) is 5.92 Å². The summed E-state index contributed by atoms with van der Waals surface area (Å²) in [6, 6.07) is 38.2. The Morgan fingerprint density at radius 2 is 1.55 bits per heavy atom. The molecule has 5 aromatic carbocycles. The lowest BCUT2D eigenvalue weighted by Crippen LogP contribution is -2.44. The van der Waals surface area contributed by atoms with E-state index in [1.54, 1.807) is 0 Å². The second-order valence-electron chi connectivity index (χ2n) is 12.9. The van der Waals surface area contributed by atoms with E-state index in [4.69, 9.17) is 9.47 Å². The number of para-hydroxylation sites is 2. The molecule has 1 aliphatic heterocycles. The maximum absolute atomic E-state index is 13.0. The third kappa shape index (κ3) is 7.09. The number of amides is 1.